The Bertz CT molecular complexity index is 567. The molecule has 0 bridgehead atoms. The Labute approximate surface area is 96.3 Å². The lowest BCUT2D eigenvalue weighted by molar-refractivity contribution is 0.894. The Morgan fingerprint density at radius 3 is 2.75 bits per heavy atom. The molecule has 3 N–H and O–H groups in total. The topological polar surface area (TPSA) is 84.7 Å². The number of aromatic amines is 1. The first-order valence-electron chi connectivity index (χ1n) is 4.61. The van der Waals surface area contributed by atoms with Crippen LogP contribution in [0.2, 0.25) is 5.02 Å². The molecule has 0 spiro atoms. The van der Waals surface area contributed by atoms with Crippen molar-refractivity contribution in [3.8, 4) is 0 Å². The van der Waals surface area contributed by atoms with E-state index in [1.807, 2.05) is 18.2 Å². The molecule has 0 aliphatic carbocycles. The first-order valence-corrected chi connectivity index (χ1v) is 4.99. The second-order valence-corrected chi connectivity index (χ2v) is 3.63. The Kier molecular flexibility index (Phi) is 2.87. The van der Waals surface area contributed by atoms with Crippen LogP contribution in [0.25, 0.3) is 0 Å². The molecule has 5 nitrogen and oxygen atoms in total. The maximum absolute atomic E-state index is 11.1. The first kappa shape index (κ1) is 10.6. The van der Waals surface area contributed by atoms with Gasteiger partial charge in [-0.05, 0) is 11.6 Å². The number of halogens is 1. The molecule has 0 saturated heterocycles. The van der Waals surface area contributed by atoms with Crippen LogP contribution in [-0.2, 0) is 6.42 Å². The quantitative estimate of drug-likeness (QED) is 0.814. The van der Waals surface area contributed by atoms with Crippen molar-refractivity contribution in [1.82, 2.24) is 15.0 Å². The van der Waals surface area contributed by atoms with Crippen LogP contribution >= 0.6 is 11.6 Å². The van der Waals surface area contributed by atoms with Crippen molar-refractivity contribution < 1.29 is 0 Å². The van der Waals surface area contributed by atoms with Gasteiger partial charge in [0.25, 0.3) is 0 Å². The number of nitrogen functional groups attached to an aromatic ring is 1. The molecule has 0 amide bonds. The summed E-state index contributed by atoms with van der Waals surface area (Å²) in [5.41, 5.74) is 5.74. The van der Waals surface area contributed by atoms with Crippen LogP contribution in [0.5, 0.6) is 0 Å². The summed E-state index contributed by atoms with van der Waals surface area (Å²) in [6.07, 6.45) is 0.418. The van der Waals surface area contributed by atoms with Crippen LogP contribution < -0.4 is 11.4 Å². The van der Waals surface area contributed by atoms with Gasteiger partial charge < -0.3 is 5.73 Å². The van der Waals surface area contributed by atoms with Crippen LogP contribution in [0.15, 0.2) is 29.1 Å². The molecule has 2 aromatic rings. The van der Waals surface area contributed by atoms with E-state index >= 15 is 0 Å². The van der Waals surface area contributed by atoms with Gasteiger partial charge in [0.15, 0.2) is 0 Å². The fraction of sp³-hybridized carbons (Fsp3) is 0.100. The first-order chi connectivity index (χ1) is 7.65. The number of anilines is 1. The third-order valence-corrected chi connectivity index (χ3v) is 2.40. The average molecular weight is 237 g/mol. The van der Waals surface area contributed by atoms with Crippen LogP contribution in [0, 0.1) is 0 Å². The molecule has 16 heavy (non-hydrogen) atoms. The molecule has 0 unspecified atom stereocenters. The third-order valence-electron chi connectivity index (χ3n) is 2.03. The van der Waals surface area contributed by atoms with Gasteiger partial charge in [0, 0.05) is 11.4 Å². The maximum Gasteiger partial charge on any atom is 0.349 e. The summed E-state index contributed by atoms with van der Waals surface area (Å²) in [6.45, 7) is 0. The van der Waals surface area contributed by atoms with Crippen LogP contribution in [-0.4, -0.2) is 15.0 Å². The van der Waals surface area contributed by atoms with Gasteiger partial charge >= 0.3 is 5.69 Å². The van der Waals surface area contributed by atoms with E-state index in [2.05, 4.69) is 15.0 Å². The molecule has 1 aromatic heterocycles. The Hall–Kier alpha value is -1.88. The molecule has 2 rings (SSSR count). The Balaban J connectivity index is 2.34. The highest BCUT2D eigenvalue weighted by Crippen LogP contribution is 2.16. The predicted octanol–water partition coefficient (Wildman–Crippen LogP) is 0.991. The number of aromatic nitrogens is 3. The highest BCUT2D eigenvalue weighted by Gasteiger charge is 2.04. The van der Waals surface area contributed by atoms with E-state index in [0.717, 1.165) is 5.56 Å². The smallest absolute Gasteiger partial charge is 0.349 e. The second-order valence-electron chi connectivity index (χ2n) is 3.23. The highest BCUT2D eigenvalue weighted by molar-refractivity contribution is 6.31. The summed E-state index contributed by atoms with van der Waals surface area (Å²) in [5, 5.41) is 0.625. The van der Waals surface area contributed by atoms with Gasteiger partial charge in [-0.3, -0.25) is 4.98 Å². The van der Waals surface area contributed by atoms with Crippen molar-refractivity contribution in [3.05, 3.63) is 51.2 Å². The number of nitrogens with two attached hydrogens (primary N) is 1. The van der Waals surface area contributed by atoms with Crippen molar-refractivity contribution >= 4 is 17.5 Å². The average Bonchev–Trinajstić information content (AvgIpc) is 2.20. The van der Waals surface area contributed by atoms with E-state index in [0.29, 0.717) is 17.3 Å². The van der Waals surface area contributed by atoms with E-state index in [4.69, 9.17) is 17.3 Å². The molecular formula is C10H9ClN4O. The Morgan fingerprint density at radius 1 is 1.31 bits per heavy atom. The van der Waals surface area contributed by atoms with Crippen LogP contribution in [0.3, 0.4) is 0 Å². The van der Waals surface area contributed by atoms with Crippen LogP contribution in [0.4, 0.5) is 5.95 Å². The number of nitrogens with zero attached hydrogens (tertiary/aromatic N) is 2. The largest absolute Gasteiger partial charge is 0.368 e. The van der Waals surface area contributed by atoms with Gasteiger partial charge in [0.1, 0.15) is 5.82 Å². The number of hydrogen-bond donors (Lipinski definition) is 2. The van der Waals surface area contributed by atoms with E-state index in [-0.39, 0.29) is 5.95 Å². The molecule has 0 saturated carbocycles. The fourth-order valence-electron chi connectivity index (χ4n) is 1.35. The van der Waals surface area contributed by atoms with Crippen LogP contribution in [0.1, 0.15) is 11.4 Å². The zero-order chi connectivity index (χ0) is 11.5. The zero-order valence-electron chi connectivity index (χ0n) is 8.27. The SMILES string of the molecule is Nc1nc(Cc2ccccc2Cl)[nH]c(=O)n1. The van der Waals surface area contributed by atoms with Crippen molar-refractivity contribution in [2.75, 3.05) is 5.73 Å². The molecule has 1 heterocycles. The predicted molar refractivity (Wildman–Crippen MR) is 61.3 cm³/mol. The molecule has 0 fully saturated rings. The molecule has 0 radical (unpaired) electrons. The second kappa shape index (κ2) is 4.32. The van der Waals surface area contributed by atoms with Gasteiger partial charge in [0.05, 0.1) is 0 Å². The minimum atomic E-state index is -0.505. The molecule has 6 heteroatoms. The highest BCUT2D eigenvalue weighted by atomic mass is 35.5. The lowest BCUT2D eigenvalue weighted by Crippen LogP contribution is -2.17. The summed E-state index contributed by atoms with van der Waals surface area (Å²) < 4.78 is 0. The monoisotopic (exact) mass is 236 g/mol. The van der Waals surface area contributed by atoms with Gasteiger partial charge in [0.2, 0.25) is 5.95 Å². The summed E-state index contributed by atoms with van der Waals surface area (Å²) in [6, 6.07) is 7.34. The van der Waals surface area contributed by atoms with E-state index in [1.54, 1.807) is 6.07 Å². The van der Waals surface area contributed by atoms with E-state index in [9.17, 15) is 4.79 Å². The van der Waals surface area contributed by atoms with Crippen molar-refractivity contribution in [1.29, 1.82) is 0 Å². The molecule has 1 aromatic carbocycles. The lowest BCUT2D eigenvalue weighted by atomic mass is 10.1. The number of H-pyrrole nitrogens is 1. The third kappa shape index (κ3) is 2.38. The van der Waals surface area contributed by atoms with Crippen molar-refractivity contribution in [2.24, 2.45) is 0 Å². The number of benzene rings is 1. The van der Waals surface area contributed by atoms with Gasteiger partial charge in [-0.25, -0.2) is 4.79 Å². The fourth-order valence-corrected chi connectivity index (χ4v) is 1.56. The van der Waals surface area contributed by atoms with Gasteiger partial charge in [-0.1, -0.05) is 29.8 Å². The van der Waals surface area contributed by atoms with Crippen molar-refractivity contribution in [2.45, 2.75) is 6.42 Å². The summed E-state index contributed by atoms with van der Waals surface area (Å²) in [7, 11) is 0. The molecule has 0 aliphatic heterocycles. The van der Waals surface area contributed by atoms with Gasteiger partial charge in [-0.2, -0.15) is 9.97 Å². The van der Waals surface area contributed by atoms with Gasteiger partial charge in [-0.15, -0.1) is 0 Å². The molecule has 82 valence electrons. The maximum atomic E-state index is 11.1. The molecular weight excluding hydrogens is 228 g/mol. The summed E-state index contributed by atoms with van der Waals surface area (Å²) in [5.74, 6) is 0.413. The summed E-state index contributed by atoms with van der Waals surface area (Å²) >= 11 is 5.99. The normalized spacial score (nSPS) is 10.3. The lowest BCUT2D eigenvalue weighted by Gasteiger charge is -2.03. The van der Waals surface area contributed by atoms with Crippen molar-refractivity contribution in [3.63, 3.8) is 0 Å². The molecule has 0 atom stereocenters. The number of rotatable bonds is 2. The standard InChI is InChI=1S/C10H9ClN4O/c11-7-4-2-1-3-6(7)5-8-13-9(12)15-10(16)14-8/h1-4H,5H2,(H3,12,13,14,15,16). The minimum Gasteiger partial charge on any atom is -0.368 e. The number of nitrogens with one attached hydrogen (secondary N) is 1. The van der Waals surface area contributed by atoms with E-state index < -0.39 is 5.69 Å². The minimum absolute atomic E-state index is 0.0363. The van der Waals surface area contributed by atoms with E-state index in [1.165, 1.54) is 0 Å². The zero-order valence-corrected chi connectivity index (χ0v) is 9.03. The Morgan fingerprint density at radius 2 is 2.06 bits per heavy atom. The number of hydrogen-bond acceptors (Lipinski definition) is 4. The molecule has 0 aliphatic rings. The summed E-state index contributed by atoms with van der Waals surface area (Å²) in [4.78, 5) is 20.9.